The molecule has 0 radical (unpaired) electrons. The third-order valence-corrected chi connectivity index (χ3v) is 4.12. The Morgan fingerprint density at radius 2 is 2.04 bits per heavy atom. The number of alkyl halides is 3. The summed E-state index contributed by atoms with van der Waals surface area (Å²) in [5.74, 6) is 1.61. The molecule has 0 fully saturated rings. The van der Waals surface area contributed by atoms with Crippen LogP contribution in [0.15, 0.2) is 28.6 Å². The van der Waals surface area contributed by atoms with Crippen LogP contribution in [0.25, 0.3) is 0 Å². The lowest BCUT2D eigenvalue weighted by atomic mass is 10.2. The Morgan fingerprint density at radius 3 is 2.63 bits per heavy atom. The van der Waals surface area contributed by atoms with Crippen molar-refractivity contribution < 1.29 is 22.6 Å². The van der Waals surface area contributed by atoms with Gasteiger partial charge in [-0.15, -0.1) is 11.3 Å². The minimum atomic E-state index is -4.44. The molecule has 2 N–H and O–H groups in total. The van der Waals surface area contributed by atoms with Crippen molar-refractivity contribution in [2.24, 2.45) is 4.99 Å². The molecule has 1 aromatic carbocycles. The number of benzene rings is 1. The zero-order valence-electron chi connectivity index (χ0n) is 15.2. The maximum Gasteiger partial charge on any atom is 0.434 e. The predicted octanol–water partition coefficient (Wildman–Crippen LogP) is 4.15. The van der Waals surface area contributed by atoms with Crippen LogP contribution < -0.4 is 20.1 Å². The first kappa shape index (κ1) is 20.8. The number of anilines is 1. The molecule has 0 aliphatic carbocycles. The van der Waals surface area contributed by atoms with Crippen LogP contribution in [-0.4, -0.2) is 31.2 Å². The van der Waals surface area contributed by atoms with E-state index in [9.17, 15) is 13.2 Å². The van der Waals surface area contributed by atoms with Crippen molar-refractivity contribution in [2.75, 3.05) is 25.6 Å². The third kappa shape index (κ3) is 6.02. The minimum absolute atomic E-state index is 0.0323. The van der Waals surface area contributed by atoms with Crippen molar-refractivity contribution >= 4 is 23.0 Å². The van der Waals surface area contributed by atoms with Crippen LogP contribution in [0, 0.1) is 0 Å². The van der Waals surface area contributed by atoms with Gasteiger partial charge in [-0.1, -0.05) is 0 Å². The van der Waals surface area contributed by atoms with E-state index in [0.29, 0.717) is 36.3 Å². The molecule has 0 bridgehead atoms. The first-order valence-corrected chi connectivity index (χ1v) is 9.13. The molecule has 2 rings (SSSR count). The molecule has 0 atom stereocenters. The number of hydrogen-bond acceptors (Lipinski definition) is 5. The van der Waals surface area contributed by atoms with Gasteiger partial charge >= 0.3 is 6.18 Å². The van der Waals surface area contributed by atoms with E-state index < -0.39 is 11.9 Å². The fourth-order valence-corrected chi connectivity index (χ4v) is 2.85. The Bertz CT molecular complexity index is 778. The normalized spacial score (nSPS) is 12.0. The first-order valence-electron chi connectivity index (χ1n) is 8.25. The van der Waals surface area contributed by atoms with Crippen molar-refractivity contribution in [3.63, 3.8) is 0 Å². The van der Waals surface area contributed by atoms with Gasteiger partial charge in [0, 0.05) is 23.7 Å². The monoisotopic (exact) mass is 402 g/mol. The SMILES string of the molecule is CCNC(=NCc1nc(C(F)(F)F)cs1)Nc1ccc(OC)c(OCC)c1. The number of thiazole rings is 1. The maximum atomic E-state index is 12.6. The summed E-state index contributed by atoms with van der Waals surface area (Å²) in [5, 5.41) is 7.41. The van der Waals surface area contributed by atoms with Gasteiger partial charge in [-0.05, 0) is 26.0 Å². The highest BCUT2D eigenvalue weighted by atomic mass is 32.1. The molecule has 0 amide bonds. The Morgan fingerprint density at radius 1 is 1.26 bits per heavy atom. The predicted molar refractivity (Wildman–Crippen MR) is 99.7 cm³/mol. The van der Waals surface area contributed by atoms with Crippen LogP contribution >= 0.6 is 11.3 Å². The molecule has 0 spiro atoms. The third-order valence-electron chi connectivity index (χ3n) is 3.29. The minimum Gasteiger partial charge on any atom is -0.493 e. The Hall–Kier alpha value is -2.49. The number of nitrogens with one attached hydrogen (secondary N) is 2. The van der Waals surface area contributed by atoms with Gasteiger partial charge in [-0.3, -0.25) is 0 Å². The van der Waals surface area contributed by atoms with Crippen LogP contribution in [0.2, 0.25) is 0 Å². The quantitative estimate of drug-likeness (QED) is 0.538. The lowest BCUT2D eigenvalue weighted by Gasteiger charge is -2.14. The molecule has 0 aliphatic rings. The zero-order chi connectivity index (χ0) is 19.9. The number of guanidine groups is 1. The molecule has 10 heteroatoms. The average molecular weight is 402 g/mol. The number of hydrogen-bond donors (Lipinski definition) is 2. The van der Waals surface area contributed by atoms with Crippen LogP contribution in [0.5, 0.6) is 11.5 Å². The second-order valence-corrected chi connectivity index (χ2v) is 6.19. The van der Waals surface area contributed by atoms with Crippen molar-refractivity contribution in [1.29, 1.82) is 0 Å². The molecule has 0 saturated carbocycles. The Balaban J connectivity index is 2.13. The van der Waals surface area contributed by atoms with E-state index in [4.69, 9.17) is 9.47 Å². The van der Waals surface area contributed by atoms with Gasteiger partial charge in [-0.2, -0.15) is 13.2 Å². The van der Waals surface area contributed by atoms with Crippen molar-refractivity contribution in [3.8, 4) is 11.5 Å². The number of aromatic nitrogens is 1. The van der Waals surface area contributed by atoms with E-state index in [1.54, 1.807) is 25.3 Å². The van der Waals surface area contributed by atoms with Crippen molar-refractivity contribution in [2.45, 2.75) is 26.6 Å². The van der Waals surface area contributed by atoms with Gasteiger partial charge in [-0.25, -0.2) is 9.98 Å². The van der Waals surface area contributed by atoms with Crippen molar-refractivity contribution in [3.05, 3.63) is 34.3 Å². The lowest BCUT2D eigenvalue weighted by molar-refractivity contribution is -0.140. The van der Waals surface area contributed by atoms with Gasteiger partial charge in [0.2, 0.25) is 0 Å². The van der Waals surface area contributed by atoms with Crippen LogP contribution in [0.1, 0.15) is 24.5 Å². The molecule has 2 aromatic rings. The van der Waals surface area contributed by atoms with E-state index in [1.807, 2.05) is 13.8 Å². The van der Waals surface area contributed by atoms with Crippen LogP contribution in [-0.2, 0) is 12.7 Å². The van der Waals surface area contributed by atoms with Gasteiger partial charge in [0.05, 0.1) is 20.3 Å². The molecule has 27 heavy (non-hydrogen) atoms. The molecule has 0 unspecified atom stereocenters. The van der Waals surface area contributed by atoms with E-state index in [-0.39, 0.29) is 11.6 Å². The number of methoxy groups -OCH3 is 1. The highest BCUT2D eigenvalue weighted by molar-refractivity contribution is 7.09. The van der Waals surface area contributed by atoms with Gasteiger partial charge < -0.3 is 20.1 Å². The van der Waals surface area contributed by atoms with Crippen LogP contribution in [0.4, 0.5) is 18.9 Å². The summed E-state index contributed by atoms with van der Waals surface area (Å²) in [6.07, 6.45) is -4.44. The highest BCUT2D eigenvalue weighted by Crippen LogP contribution is 2.31. The number of halogens is 3. The molecule has 148 valence electrons. The first-order chi connectivity index (χ1) is 12.9. The zero-order valence-corrected chi connectivity index (χ0v) is 16.0. The molecule has 0 saturated heterocycles. The number of aliphatic imine (C=N–C) groups is 1. The molecular weight excluding hydrogens is 381 g/mol. The largest absolute Gasteiger partial charge is 0.493 e. The van der Waals surface area contributed by atoms with Gasteiger partial charge in [0.15, 0.2) is 23.2 Å². The maximum absolute atomic E-state index is 12.6. The average Bonchev–Trinajstić information content (AvgIpc) is 3.10. The Labute approximate surface area is 159 Å². The number of rotatable bonds is 7. The van der Waals surface area contributed by atoms with E-state index in [1.165, 1.54) is 0 Å². The number of nitrogens with zero attached hydrogens (tertiary/aromatic N) is 2. The Kier molecular flexibility index (Phi) is 7.28. The highest BCUT2D eigenvalue weighted by Gasteiger charge is 2.33. The topological polar surface area (TPSA) is 67.8 Å². The van der Waals surface area contributed by atoms with Gasteiger partial charge in [0.25, 0.3) is 0 Å². The van der Waals surface area contributed by atoms with E-state index in [0.717, 1.165) is 16.7 Å². The molecular formula is C17H21F3N4O2S. The molecule has 1 aromatic heterocycles. The summed E-state index contributed by atoms with van der Waals surface area (Å²) in [6, 6.07) is 5.31. The summed E-state index contributed by atoms with van der Waals surface area (Å²) in [7, 11) is 1.56. The number of ether oxygens (including phenoxy) is 2. The summed E-state index contributed by atoms with van der Waals surface area (Å²) in [6.45, 7) is 4.87. The van der Waals surface area contributed by atoms with E-state index >= 15 is 0 Å². The smallest absolute Gasteiger partial charge is 0.434 e. The summed E-state index contributed by atoms with van der Waals surface area (Å²) in [4.78, 5) is 7.87. The summed E-state index contributed by atoms with van der Waals surface area (Å²) < 4.78 is 48.7. The molecule has 1 heterocycles. The fraction of sp³-hybridized carbons (Fsp3) is 0.412. The standard InChI is InChI=1S/C17H21F3N4O2S/c1-4-21-16(22-9-15-24-14(10-27-15)17(18,19)20)23-11-6-7-12(25-3)13(8-11)26-5-2/h6-8,10H,4-5,9H2,1-3H3,(H2,21,22,23). The van der Waals surface area contributed by atoms with Crippen molar-refractivity contribution in [1.82, 2.24) is 10.3 Å². The second kappa shape index (κ2) is 9.45. The molecule has 6 nitrogen and oxygen atoms in total. The van der Waals surface area contributed by atoms with E-state index in [2.05, 4.69) is 20.6 Å². The fourth-order valence-electron chi connectivity index (χ4n) is 2.13. The second-order valence-electron chi connectivity index (χ2n) is 5.24. The van der Waals surface area contributed by atoms with Crippen LogP contribution in [0.3, 0.4) is 0 Å². The van der Waals surface area contributed by atoms with Gasteiger partial charge in [0.1, 0.15) is 5.01 Å². The summed E-state index contributed by atoms with van der Waals surface area (Å²) in [5.41, 5.74) is -0.193. The molecule has 0 aliphatic heterocycles. The summed E-state index contributed by atoms with van der Waals surface area (Å²) >= 11 is 0.926. The lowest BCUT2D eigenvalue weighted by Crippen LogP contribution is -2.30.